The van der Waals surface area contributed by atoms with Crippen LogP contribution in [0.3, 0.4) is 0 Å². The number of aryl methyl sites for hydroxylation is 1. The van der Waals surface area contributed by atoms with E-state index in [4.69, 9.17) is 10.5 Å². The molecule has 3 N–H and O–H groups in total. The molecule has 2 aromatic rings. The summed E-state index contributed by atoms with van der Waals surface area (Å²) in [6.45, 7) is 4.69. The Balaban J connectivity index is 1.68. The number of benzene rings is 2. The third-order valence-corrected chi connectivity index (χ3v) is 7.30. The largest absolute Gasteiger partial charge is 0.494 e. The summed E-state index contributed by atoms with van der Waals surface area (Å²) in [5.41, 5.74) is 7.29. The van der Waals surface area contributed by atoms with Crippen LogP contribution >= 0.6 is 0 Å². The van der Waals surface area contributed by atoms with Crippen LogP contribution in [-0.4, -0.2) is 44.2 Å². The van der Waals surface area contributed by atoms with Crippen molar-refractivity contribution in [2.45, 2.75) is 38.0 Å². The van der Waals surface area contributed by atoms with Crippen molar-refractivity contribution in [2.24, 2.45) is 11.7 Å². The number of hydrogen-bond acceptors (Lipinski definition) is 5. The number of sulfonamides is 1. The number of nitrogens with one attached hydrogen (secondary N) is 1. The predicted octanol–water partition coefficient (Wildman–Crippen LogP) is 2.46. The number of hydrogen-bond donors (Lipinski definition) is 2. The maximum Gasteiger partial charge on any atom is 0.243 e. The average Bonchev–Trinajstić information content (AvgIpc) is 2.76. The van der Waals surface area contributed by atoms with Gasteiger partial charge in [0.1, 0.15) is 5.75 Å². The first kappa shape index (κ1) is 23.7. The van der Waals surface area contributed by atoms with Gasteiger partial charge >= 0.3 is 0 Å². The van der Waals surface area contributed by atoms with E-state index in [1.165, 1.54) is 4.31 Å². The van der Waals surface area contributed by atoms with Crippen molar-refractivity contribution < 1.29 is 22.7 Å². The molecule has 172 valence electrons. The van der Waals surface area contributed by atoms with Gasteiger partial charge in [-0.3, -0.25) is 9.59 Å². The van der Waals surface area contributed by atoms with E-state index >= 15 is 0 Å². The molecular formula is C23H29N3O5S. The molecule has 0 radical (unpaired) electrons. The Hall–Kier alpha value is -2.91. The van der Waals surface area contributed by atoms with Crippen LogP contribution in [-0.2, 0) is 26.0 Å². The molecular weight excluding hydrogens is 430 g/mol. The van der Waals surface area contributed by atoms with Crippen LogP contribution in [0.15, 0.2) is 47.4 Å². The summed E-state index contributed by atoms with van der Waals surface area (Å²) in [5.74, 6) is -0.444. The Morgan fingerprint density at radius 1 is 1.19 bits per heavy atom. The summed E-state index contributed by atoms with van der Waals surface area (Å²) < 4.78 is 33.2. The molecule has 9 heteroatoms. The van der Waals surface area contributed by atoms with E-state index in [9.17, 15) is 18.0 Å². The third kappa shape index (κ3) is 5.66. The molecule has 0 bridgehead atoms. The minimum atomic E-state index is -3.72. The van der Waals surface area contributed by atoms with E-state index in [1.807, 2.05) is 13.8 Å². The quantitative estimate of drug-likeness (QED) is 0.629. The van der Waals surface area contributed by atoms with Crippen molar-refractivity contribution in [3.05, 3.63) is 53.6 Å². The number of piperidine rings is 1. The summed E-state index contributed by atoms with van der Waals surface area (Å²) in [5, 5.41) is 2.84. The van der Waals surface area contributed by atoms with Gasteiger partial charge in [-0.15, -0.1) is 0 Å². The molecule has 3 rings (SSSR count). The number of carbonyl (C=O) groups excluding carboxylic acids is 2. The summed E-state index contributed by atoms with van der Waals surface area (Å²) in [6, 6.07) is 11.7. The fourth-order valence-electron chi connectivity index (χ4n) is 3.78. The lowest BCUT2D eigenvalue weighted by Gasteiger charge is -2.31. The molecule has 0 saturated carbocycles. The number of carbonyl (C=O) groups is 2. The highest BCUT2D eigenvalue weighted by atomic mass is 32.2. The average molecular weight is 460 g/mol. The normalized spacial score (nSPS) is 17.0. The lowest BCUT2D eigenvalue weighted by Crippen LogP contribution is -2.43. The standard InChI is InChI=1S/C23H29N3O5S/c1-3-31-21-11-10-20(13-16(21)2)32(29,30)26-12-4-5-18(15-26)23(28)25-19-8-6-17(7-9-19)14-22(24)27/h6-11,13,18H,3-5,12,14-15H2,1-2H3,(H2,24,27)(H,25,28)/t18-/m0/s1. The van der Waals surface area contributed by atoms with Crippen molar-refractivity contribution in [1.82, 2.24) is 4.31 Å². The van der Waals surface area contributed by atoms with Crippen LogP contribution in [0.4, 0.5) is 5.69 Å². The van der Waals surface area contributed by atoms with Crippen molar-refractivity contribution >= 4 is 27.5 Å². The Morgan fingerprint density at radius 2 is 1.91 bits per heavy atom. The molecule has 0 spiro atoms. The van der Waals surface area contributed by atoms with Crippen LogP contribution < -0.4 is 15.8 Å². The van der Waals surface area contributed by atoms with Gasteiger partial charge in [0.2, 0.25) is 21.8 Å². The third-order valence-electron chi connectivity index (χ3n) is 5.44. The van der Waals surface area contributed by atoms with Gasteiger partial charge in [0, 0.05) is 18.8 Å². The molecule has 1 saturated heterocycles. The van der Waals surface area contributed by atoms with E-state index in [-0.39, 0.29) is 23.8 Å². The number of amides is 2. The molecule has 8 nitrogen and oxygen atoms in total. The number of nitrogens with zero attached hydrogens (tertiary/aromatic N) is 1. The Labute approximate surface area is 188 Å². The Morgan fingerprint density at radius 3 is 2.53 bits per heavy atom. The monoisotopic (exact) mass is 459 g/mol. The highest BCUT2D eigenvalue weighted by Gasteiger charge is 2.33. The highest BCUT2D eigenvalue weighted by molar-refractivity contribution is 7.89. The van der Waals surface area contributed by atoms with Gasteiger partial charge in [-0.05, 0) is 68.1 Å². The zero-order valence-corrected chi connectivity index (χ0v) is 19.2. The van der Waals surface area contributed by atoms with Gasteiger partial charge in [0.15, 0.2) is 0 Å². The van der Waals surface area contributed by atoms with Gasteiger partial charge in [-0.2, -0.15) is 4.31 Å². The van der Waals surface area contributed by atoms with Gasteiger partial charge in [0.25, 0.3) is 0 Å². The number of anilines is 1. The minimum Gasteiger partial charge on any atom is -0.494 e. The first-order valence-electron chi connectivity index (χ1n) is 10.6. The van der Waals surface area contributed by atoms with Crippen molar-refractivity contribution in [3.63, 3.8) is 0 Å². The van der Waals surface area contributed by atoms with E-state index in [0.717, 1.165) is 11.1 Å². The first-order chi connectivity index (χ1) is 15.2. The molecule has 1 aliphatic rings. The van der Waals surface area contributed by atoms with Gasteiger partial charge in [-0.25, -0.2) is 8.42 Å². The van der Waals surface area contributed by atoms with E-state index < -0.39 is 21.8 Å². The van der Waals surface area contributed by atoms with E-state index in [0.29, 0.717) is 37.4 Å². The topological polar surface area (TPSA) is 119 Å². The lowest BCUT2D eigenvalue weighted by molar-refractivity contribution is -0.121. The summed E-state index contributed by atoms with van der Waals surface area (Å²) in [6.07, 6.45) is 1.35. The molecule has 32 heavy (non-hydrogen) atoms. The van der Waals surface area contributed by atoms with Crippen LogP contribution in [0.2, 0.25) is 0 Å². The van der Waals surface area contributed by atoms with E-state index in [1.54, 1.807) is 42.5 Å². The van der Waals surface area contributed by atoms with Crippen LogP contribution in [0.25, 0.3) is 0 Å². The molecule has 1 aliphatic heterocycles. The fraction of sp³-hybridized carbons (Fsp3) is 0.391. The zero-order valence-electron chi connectivity index (χ0n) is 18.3. The van der Waals surface area contributed by atoms with Crippen molar-refractivity contribution in [2.75, 3.05) is 25.0 Å². The summed E-state index contributed by atoms with van der Waals surface area (Å²) >= 11 is 0. The van der Waals surface area contributed by atoms with Crippen LogP contribution in [0.1, 0.15) is 30.9 Å². The molecule has 1 atom stereocenters. The minimum absolute atomic E-state index is 0.125. The molecule has 2 amide bonds. The lowest BCUT2D eigenvalue weighted by atomic mass is 9.98. The summed E-state index contributed by atoms with van der Waals surface area (Å²) in [7, 11) is -3.72. The van der Waals surface area contributed by atoms with Gasteiger partial charge in [0.05, 0.1) is 23.8 Å². The van der Waals surface area contributed by atoms with Crippen molar-refractivity contribution in [1.29, 1.82) is 0 Å². The van der Waals surface area contributed by atoms with Crippen LogP contribution in [0.5, 0.6) is 5.75 Å². The number of primary amides is 1. The Kier molecular flexibility index (Phi) is 7.52. The first-order valence-corrected chi connectivity index (χ1v) is 12.1. The second kappa shape index (κ2) is 10.1. The molecule has 0 unspecified atom stereocenters. The maximum atomic E-state index is 13.2. The van der Waals surface area contributed by atoms with E-state index in [2.05, 4.69) is 5.32 Å². The number of nitrogens with two attached hydrogens (primary N) is 1. The molecule has 0 aromatic heterocycles. The van der Waals surface area contributed by atoms with Crippen molar-refractivity contribution in [3.8, 4) is 5.75 Å². The maximum absolute atomic E-state index is 13.2. The smallest absolute Gasteiger partial charge is 0.243 e. The zero-order chi connectivity index (χ0) is 23.3. The number of ether oxygens (including phenoxy) is 1. The Bertz CT molecular complexity index is 1080. The molecule has 2 aromatic carbocycles. The molecule has 0 aliphatic carbocycles. The molecule has 1 heterocycles. The van der Waals surface area contributed by atoms with Crippen LogP contribution in [0, 0.1) is 12.8 Å². The number of rotatable bonds is 8. The second-order valence-electron chi connectivity index (χ2n) is 7.89. The predicted molar refractivity (Wildman–Crippen MR) is 122 cm³/mol. The second-order valence-corrected chi connectivity index (χ2v) is 9.83. The van der Waals surface area contributed by atoms with Gasteiger partial charge < -0.3 is 15.8 Å². The molecule has 1 fully saturated rings. The fourth-order valence-corrected chi connectivity index (χ4v) is 5.38. The summed E-state index contributed by atoms with van der Waals surface area (Å²) in [4.78, 5) is 24.0. The van der Waals surface area contributed by atoms with Gasteiger partial charge in [-0.1, -0.05) is 12.1 Å². The SMILES string of the molecule is CCOc1ccc(S(=O)(=O)N2CCC[C@H](C(=O)Nc3ccc(CC(N)=O)cc3)C2)cc1C. The highest BCUT2D eigenvalue weighted by Crippen LogP contribution is 2.28.